The van der Waals surface area contributed by atoms with Gasteiger partial charge in [-0.05, 0) is 0 Å². The van der Waals surface area contributed by atoms with E-state index in [9.17, 15) is 0 Å². The summed E-state index contributed by atoms with van der Waals surface area (Å²) >= 11 is 6.73. The summed E-state index contributed by atoms with van der Waals surface area (Å²) in [6, 6.07) is 0. The molecule has 0 fully saturated rings. The third kappa shape index (κ3) is 9.23. The summed E-state index contributed by atoms with van der Waals surface area (Å²) in [4.78, 5) is 0. The molecule has 0 aromatic heterocycles. The Bertz CT molecular complexity index is 106. The minimum absolute atomic E-state index is 0.0937. The van der Waals surface area contributed by atoms with Crippen LogP contribution in [0.15, 0.2) is 22.1 Å². The minimum atomic E-state index is 0.0937. The Labute approximate surface area is 83.1 Å². The Morgan fingerprint density at radius 3 is 1.67 bits per heavy atom. The SMILES string of the molecule is C=C(Br)C[Te+]CC(=C)Br. The molecule has 0 nitrogen and oxygen atoms in total. The predicted octanol–water partition coefficient (Wildman–Crippen LogP) is 3.34. The molecule has 0 aliphatic rings. The molecule has 0 atom stereocenters. The number of rotatable bonds is 4. The monoisotopic (exact) mass is 368 g/mol. The van der Waals surface area contributed by atoms with Gasteiger partial charge in [-0.3, -0.25) is 0 Å². The van der Waals surface area contributed by atoms with Crippen LogP contribution in [0.1, 0.15) is 0 Å². The van der Waals surface area contributed by atoms with Crippen LogP contribution >= 0.6 is 31.9 Å². The Morgan fingerprint density at radius 1 is 1.11 bits per heavy atom. The van der Waals surface area contributed by atoms with Crippen molar-refractivity contribution in [2.45, 2.75) is 8.94 Å². The van der Waals surface area contributed by atoms with Gasteiger partial charge >= 0.3 is 83.8 Å². The van der Waals surface area contributed by atoms with Gasteiger partial charge in [0.1, 0.15) is 0 Å². The first-order valence-corrected chi connectivity index (χ1v) is 7.25. The molecule has 0 unspecified atom stereocenters. The van der Waals surface area contributed by atoms with Crippen LogP contribution in [0, 0.1) is 0 Å². The van der Waals surface area contributed by atoms with Crippen LogP contribution in [0.4, 0.5) is 0 Å². The molecule has 0 aromatic carbocycles. The maximum absolute atomic E-state index is 3.76. The molecule has 1 radical (unpaired) electrons. The molecule has 0 saturated heterocycles. The molecule has 51 valence electrons. The summed E-state index contributed by atoms with van der Waals surface area (Å²) in [6.07, 6.45) is 0. The first-order chi connectivity index (χ1) is 4.13. The first-order valence-electron chi connectivity index (χ1n) is 2.37. The fourth-order valence-electron chi connectivity index (χ4n) is 0.273. The molecule has 0 rings (SSSR count). The number of allylic oxidation sites excluding steroid dienone is 2. The Hall–Kier alpha value is 1.23. The van der Waals surface area contributed by atoms with E-state index in [2.05, 4.69) is 45.0 Å². The van der Waals surface area contributed by atoms with Crippen molar-refractivity contribution in [2.75, 3.05) is 0 Å². The molecule has 0 aliphatic heterocycles. The zero-order valence-corrected chi connectivity index (χ0v) is 10.5. The fraction of sp³-hybridized carbons (Fsp3) is 0.333. The molecule has 0 aliphatic carbocycles. The molecule has 0 saturated carbocycles. The van der Waals surface area contributed by atoms with Gasteiger partial charge in [-0.2, -0.15) is 0 Å². The average molecular weight is 368 g/mol. The quantitative estimate of drug-likeness (QED) is 0.669. The zero-order chi connectivity index (χ0) is 7.28. The van der Waals surface area contributed by atoms with Gasteiger partial charge < -0.3 is 0 Å². The van der Waals surface area contributed by atoms with Crippen LogP contribution in [-0.4, -0.2) is 20.9 Å². The molecule has 0 bridgehead atoms. The van der Waals surface area contributed by atoms with E-state index in [1.165, 1.54) is 0 Å². The Kier molecular flexibility index (Phi) is 6.79. The molecular weight excluding hydrogens is 359 g/mol. The van der Waals surface area contributed by atoms with Gasteiger partial charge in [-0.1, -0.05) is 0 Å². The summed E-state index contributed by atoms with van der Waals surface area (Å²) in [6.45, 7) is 7.51. The van der Waals surface area contributed by atoms with Gasteiger partial charge in [0, 0.05) is 0 Å². The van der Waals surface area contributed by atoms with E-state index in [0.717, 1.165) is 17.9 Å². The van der Waals surface area contributed by atoms with E-state index in [-0.39, 0.29) is 20.9 Å². The van der Waals surface area contributed by atoms with Crippen molar-refractivity contribution in [3.05, 3.63) is 22.1 Å². The van der Waals surface area contributed by atoms with E-state index >= 15 is 0 Å². The number of hydrogen-bond donors (Lipinski definition) is 0. The van der Waals surface area contributed by atoms with Crippen molar-refractivity contribution in [1.29, 1.82) is 0 Å². The van der Waals surface area contributed by atoms with Crippen molar-refractivity contribution >= 4 is 52.8 Å². The van der Waals surface area contributed by atoms with Gasteiger partial charge in [-0.25, -0.2) is 0 Å². The van der Waals surface area contributed by atoms with E-state index in [0.29, 0.717) is 0 Å². The molecule has 0 amide bonds. The second-order valence-corrected chi connectivity index (χ2v) is 6.58. The third-order valence-corrected chi connectivity index (χ3v) is 6.54. The molecule has 0 heterocycles. The Morgan fingerprint density at radius 2 is 1.44 bits per heavy atom. The predicted molar refractivity (Wildman–Crippen MR) is 51.5 cm³/mol. The van der Waals surface area contributed by atoms with Crippen LogP contribution < -0.4 is 0 Å². The van der Waals surface area contributed by atoms with Gasteiger partial charge in [0.05, 0.1) is 0 Å². The normalized spacial score (nSPS) is 9.11. The van der Waals surface area contributed by atoms with E-state index in [1.54, 1.807) is 0 Å². The van der Waals surface area contributed by atoms with Crippen molar-refractivity contribution < 1.29 is 0 Å². The molecule has 0 aromatic rings. The van der Waals surface area contributed by atoms with E-state index < -0.39 is 0 Å². The van der Waals surface area contributed by atoms with Crippen LogP contribution in [0.25, 0.3) is 0 Å². The van der Waals surface area contributed by atoms with Crippen LogP contribution in [0.3, 0.4) is 0 Å². The van der Waals surface area contributed by atoms with Crippen LogP contribution in [-0.2, 0) is 0 Å². The Balaban J connectivity index is 3.10. The van der Waals surface area contributed by atoms with Crippen LogP contribution in [0.2, 0.25) is 8.94 Å². The van der Waals surface area contributed by atoms with Crippen molar-refractivity contribution in [1.82, 2.24) is 0 Å². The van der Waals surface area contributed by atoms with Crippen LogP contribution in [0.5, 0.6) is 0 Å². The summed E-state index contributed by atoms with van der Waals surface area (Å²) in [7, 11) is 0. The summed E-state index contributed by atoms with van der Waals surface area (Å²) in [5, 5.41) is 0. The van der Waals surface area contributed by atoms with Gasteiger partial charge in [-0.15, -0.1) is 0 Å². The summed E-state index contributed by atoms with van der Waals surface area (Å²) in [5.74, 6) is 0. The molecule has 0 spiro atoms. The first kappa shape index (κ1) is 10.2. The zero-order valence-electron chi connectivity index (χ0n) is 4.99. The van der Waals surface area contributed by atoms with Gasteiger partial charge in [0.25, 0.3) is 0 Å². The maximum atomic E-state index is 3.76. The van der Waals surface area contributed by atoms with Crippen molar-refractivity contribution in [3.8, 4) is 0 Å². The topological polar surface area (TPSA) is 0 Å². The van der Waals surface area contributed by atoms with Gasteiger partial charge in [0.15, 0.2) is 0 Å². The summed E-state index contributed by atoms with van der Waals surface area (Å²) in [5.41, 5.74) is 0. The second kappa shape index (κ2) is 5.97. The van der Waals surface area contributed by atoms with E-state index in [1.807, 2.05) is 0 Å². The van der Waals surface area contributed by atoms with Crippen molar-refractivity contribution in [2.24, 2.45) is 0 Å². The number of halogens is 2. The molecular formula is C6H8Br2Te+. The number of hydrogen-bond acceptors (Lipinski definition) is 0. The molecule has 0 N–H and O–H groups in total. The van der Waals surface area contributed by atoms with Crippen molar-refractivity contribution in [3.63, 3.8) is 0 Å². The third-order valence-electron chi connectivity index (χ3n) is 0.517. The van der Waals surface area contributed by atoms with E-state index in [4.69, 9.17) is 0 Å². The standard InChI is InChI=1S/C6H8Br2Te/c1-5(7)3-9-4-6(2)8/h1-4H2/q+1. The second-order valence-electron chi connectivity index (χ2n) is 1.53. The average Bonchev–Trinajstić information content (AvgIpc) is 1.63. The summed E-state index contributed by atoms with van der Waals surface area (Å²) < 4.78 is 4.57. The fourth-order valence-corrected chi connectivity index (χ4v) is 4.00. The molecule has 9 heavy (non-hydrogen) atoms. The molecule has 3 heteroatoms. The van der Waals surface area contributed by atoms with Gasteiger partial charge in [0.2, 0.25) is 0 Å².